The molecule has 1 amide bonds. The van der Waals surface area contributed by atoms with Crippen LogP contribution in [0.2, 0.25) is 0 Å². The minimum atomic E-state index is -0.544. The van der Waals surface area contributed by atoms with Gasteiger partial charge >= 0.3 is 0 Å². The maximum Gasteiger partial charge on any atom is 0.261 e. The van der Waals surface area contributed by atoms with Gasteiger partial charge in [0, 0.05) is 25.5 Å². The van der Waals surface area contributed by atoms with E-state index < -0.39 is 5.91 Å². The molecule has 20 heavy (non-hydrogen) atoms. The number of carbonyl (C=O) groups is 1. The zero-order chi connectivity index (χ0) is 14.5. The number of ether oxygens (including phenoxy) is 1. The number of nitrogens with one attached hydrogen (secondary N) is 1. The number of thiophene rings is 1. The van der Waals surface area contributed by atoms with E-state index in [1.807, 2.05) is 10.8 Å². The number of carbonyl (C=O) groups excluding carboxylic acids is 1. The molecule has 0 saturated heterocycles. The molecule has 0 aliphatic heterocycles. The summed E-state index contributed by atoms with van der Waals surface area (Å²) in [6.45, 7) is 1.59. The lowest BCUT2D eigenvalue weighted by atomic mass is 10.3. The molecule has 0 radical (unpaired) electrons. The monoisotopic (exact) mass is 295 g/mol. The number of nitrogens with two attached hydrogens (primary N) is 2. The molecule has 108 valence electrons. The molecule has 5 N–H and O–H groups in total. The van der Waals surface area contributed by atoms with Gasteiger partial charge in [-0.1, -0.05) is 0 Å². The first-order valence-corrected chi connectivity index (χ1v) is 6.90. The lowest BCUT2D eigenvalue weighted by molar-refractivity contribution is 0.100. The smallest absolute Gasteiger partial charge is 0.261 e. The van der Waals surface area contributed by atoms with Gasteiger partial charge in [0.25, 0.3) is 5.91 Å². The molecule has 2 aromatic heterocycles. The van der Waals surface area contributed by atoms with E-state index in [0.717, 1.165) is 24.5 Å². The Morgan fingerprint density at radius 2 is 2.40 bits per heavy atom. The van der Waals surface area contributed by atoms with Gasteiger partial charge < -0.3 is 26.1 Å². The molecule has 2 heterocycles. The molecule has 0 aromatic carbocycles. The standard InChI is InChI=1S/C12H17N5O2S/c1-19-9-8(13)10(11(14)18)20-12(9)16-3-2-5-17-6-4-15-7-17/h4,6-7,16H,2-3,5,13H2,1H3,(H2,14,18). The van der Waals surface area contributed by atoms with Crippen LogP contribution in [0.1, 0.15) is 16.1 Å². The number of anilines is 2. The van der Waals surface area contributed by atoms with Gasteiger partial charge in [0.15, 0.2) is 5.75 Å². The highest BCUT2D eigenvalue weighted by Crippen LogP contribution is 2.42. The first-order valence-electron chi connectivity index (χ1n) is 6.09. The predicted molar refractivity (Wildman–Crippen MR) is 79.1 cm³/mol. The lowest BCUT2D eigenvalue weighted by Crippen LogP contribution is -2.10. The third kappa shape index (κ3) is 3.02. The number of aryl methyl sites for hydroxylation is 1. The molecular weight excluding hydrogens is 278 g/mol. The third-order valence-corrected chi connectivity index (χ3v) is 3.92. The van der Waals surface area contributed by atoms with E-state index in [1.54, 1.807) is 12.5 Å². The Balaban J connectivity index is 1.95. The second-order valence-corrected chi connectivity index (χ2v) is 5.17. The molecule has 0 spiro atoms. The second-order valence-electron chi connectivity index (χ2n) is 4.15. The number of aromatic nitrogens is 2. The quantitative estimate of drug-likeness (QED) is 0.664. The summed E-state index contributed by atoms with van der Waals surface area (Å²) in [6, 6.07) is 0. The molecule has 2 aromatic rings. The van der Waals surface area contributed by atoms with Gasteiger partial charge in [0.05, 0.1) is 13.4 Å². The molecule has 0 fully saturated rings. The molecule has 0 atom stereocenters. The molecule has 0 bridgehead atoms. The number of primary amides is 1. The molecular formula is C12H17N5O2S. The van der Waals surface area contributed by atoms with E-state index in [9.17, 15) is 4.79 Å². The van der Waals surface area contributed by atoms with Crippen LogP contribution >= 0.6 is 11.3 Å². The zero-order valence-electron chi connectivity index (χ0n) is 11.1. The van der Waals surface area contributed by atoms with Crippen LogP contribution in [0.3, 0.4) is 0 Å². The van der Waals surface area contributed by atoms with Crippen molar-refractivity contribution in [1.29, 1.82) is 0 Å². The van der Waals surface area contributed by atoms with Gasteiger partial charge in [0.2, 0.25) is 0 Å². The average Bonchev–Trinajstić information content (AvgIpc) is 3.02. The van der Waals surface area contributed by atoms with Crippen LogP contribution in [0.5, 0.6) is 5.75 Å². The lowest BCUT2D eigenvalue weighted by Gasteiger charge is -2.07. The third-order valence-electron chi connectivity index (χ3n) is 2.77. The summed E-state index contributed by atoms with van der Waals surface area (Å²) in [5.41, 5.74) is 11.4. The summed E-state index contributed by atoms with van der Waals surface area (Å²) < 4.78 is 7.21. The Bertz CT molecular complexity index is 579. The van der Waals surface area contributed by atoms with Gasteiger partial charge in [-0.05, 0) is 6.42 Å². The van der Waals surface area contributed by atoms with E-state index >= 15 is 0 Å². The molecule has 2 rings (SSSR count). The summed E-state index contributed by atoms with van der Waals surface area (Å²) in [5, 5.41) is 3.94. The molecule has 0 aliphatic rings. The number of imidazole rings is 1. The number of amides is 1. The average molecular weight is 295 g/mol. The Kier molecular flexibility index (Phi) is 4.46. The van der Waals surface area contributed by atoms with Crippen molar-refractivity contribution in [3.8, 4) is 5.75 Å². The summed E-state index contributed by atoms with van der Waals surface area (Å²) >= 11 is 1.21. The first-order chi connectivity index (χ1) is 9.63. The topological polar surface area (TPSA) is 108 Å². The molecule has 0 unspecified atom stereocenters. The highest BCUT2D eigenvalue weighted by Gasteiger charge is 2.19. The van der Waals surface area contributed by atoms with E-state index in [0.29, 0.717) is 16.3 Å². The van der Waals surface area contributed by atoms with Crippen molar-refractivity contribution in [2.75, 3.05) is 24.7 Å². The van der Waals surface area contributed by atoms with Crippen molar-refractivity contribution in [2.24, 2.45) is 5.73 Å². The SMILES string of the molecule is COc1c(NCCCn2ccnc2)sc(C(N)=O)c1N. The van der Waals surface area contributed by atoms with Gasteiger partial charge in [-0.25, -0.2) is 4.98 Å². The Morgan fingerprint density at radius 3 is 3.00 bits per heavy atom. The summed E-state index contributed by atoms with van der Waals surface area (Å²) in [7, 11) is 1.51. The number of hydrogen-bond acceptors (Lipinski definition) is 6. The first kappa shape index (κ1) is 14.2. The normalized spacial score (nSPS) is 10.4. The fourth-order valence-corrected chi connectivity index (χ4v) is 2.78. The maximum absolute atomic E-state index is 11.2. The number of nitrogens with zero attached hydrogens (tertiary/aromatic N) is 2. The van der Waals surface area contributed by atoms with Crippen molar-refractivity contribution in [3.63, 3.8) is 0 Å². The molecule has 0 saturated carbocycles. The number of rotatable bonds is 7. The minimum Gasteiger partial charge on any atom is -0.492 e. The summed E-state index contributed by atoms with van der Waals surface area (Å²) in [4.78, 5) is 15.5. The van der Waals surface area contributed by atoms with Crippen LogP contribution in [0.15, 0.2) is 18.7 Å². The van der Waals surface area contributed by atoms with Crippen LogP contribution in [0.25, 0.3) is 0 Å². The number of hydrogen-bond donors (Lipinski definition) is 3. The second kappa shape index (κ2) is 6.29. The Morgan fingerprint density at radius 1 is 1.60 bits per heavy atom. The van der Waals surface area contributed by atoms with Gasteiger partial charge in [-0.2, -0.15) is 0 Å². The Hall–Kier alpha value is -2.22. The van der Waals surface area contributed by atoms with Crippen LogP contribution in [0.4, 0.5) is 10.7 Å². The van der Waals surface area contributed by atoms with E-state index in [2.05, 4.69) is 10.3 Å². The zero-order valence-corrected chi connectivity index (χ0v) is 11.9. The van der Waals surface area contributed by atoms with Crippen molar-refractivity contribution in [2.45, 2.75) is 13.0 Å². The van der Waals surface area contributed by atoms with E-state index in [-0.39, 0.29) is 0 Å². The van der Waals surface area contributed by atoms with Crippen molar-refractivity contribution in [1.82, 2.24) is 9.55 Å². The fourth-order valence-electron chi connectivity index (χ4n) is 1.81. The number of nitrogen functional groups attached to an aromatic ring is 1. The Labute approximate surface area is 120 Å². The summed E-state index contributed by atoms with van der Waals surface area (Å²) in [6.07, 6.45) is 6.34. The van der Waals surface area contributed by atoms with E-state index in [1.165, 1.54) is 18.4 Å². The van der Waals surface area contributed by atoms with Crippen molar-refractivity contribution < 1.29 is 9.53 Å². The predicted octanol–water partition coefficient (Wildman–Crippen LogP) is 1.14. The molecule has 7 nitrogen and oxygen atoms in total. The minimum absolute atomic E-state index is 0.294. The van der Waals surface area contributed by atoms with Crippen LogP contribution in [-0.2, 0) is 6.54 Å². The van der Waals surface area contributed by atoms with Crippen LogP contribution < -0.4 is 21.5 Å². The van der Waals surface area contributed by atoms with Gasteiger partial charge in [0.1, 0.15) is 15.6 Å². The van der Waals surface area contributed by atoms with Crippen molar-refractivity contribution >= 4 is 27.9 Å². The molecule has 0 aliphatic carbocycles. The summed E-state index contributed by atoms with van der Waals surface area (Å²) in [5.74, 6) is -0.0660. The maximum atomic E-state index is 11.2. The highest BCUT2D eigenvalue weighted by atomic mass is 32.1. The van der Waals surface area contributed by atoms with Crippen LogP contribution in [0, 0.1) is 0 Å². The fraction of sp³-hybridized carbons (Fsp3) is 0.333. The highest BCUT2D eigenvalue weighted by molar-refractivity contribution is 7.19. The van der Waals surface area contributed by atoms with Gasteiger partial charge in [-0.15, -0.1) is 11.3 Å². The van der Waals surface area contributed by atoms with Crippen LogP contribution in [-0.4, -0.2) is 29.1 Å². The number of methoxy groups -OCH3 is 1. The largest absolute Gasteiger partial charge is 0.492 e. The van der Waals surface area contributed by atoms with Crippen molar-refractivity contribution in [3.05, 3.63) is 23.6 Å². The van der Waals surface area contributed by atoms with Gasteiger partial charge in [-0.3, -0.25) is 4.79 Å². The molecule has 8 heteroatoms. The van der Waals surface area contributed by atoms with E-state index in [4.69, 9.17) is 16.2 Å².